The minimum Gasteiger partial charge on any atom is -0.229 e. The van der Waals surface area contributed by atoms with E-state index < -0.39 is 0 Å². The Hall–Kier alpha value is -2.03. The predicted molar refractivity (Wildman–Crippen MR) is 62.9 cm³/mol. The lowest BCUT2D eigenvalue weighted by atomic mass is 10.3. The molecule has 2 rings (SSSR count). The maximum absolute atomic E-state index is 4.24. The first kappa shape index (κ1) is 10.5. The molecule has 3 nitrogen and oxygen atoms in total. The van der Waals surface area contributed by atoms with Crippen molar-refractivity contribution in [1.29, 1.82) is 0 Å². The fourth-order valence-electron chi connectivity index (χ4n) is 1.43. The summed E-state index contributed by atoms with van der Waals surface area (Å²) in [7, 11) is 0. The van der Waals surface area contributed by atoms with Crippen LogP contribution >= 0.6 is 0 Å². The van der Waals surface area contributed by atoms with Crippen molar-refractivity contribution in [2.75, 3.05) is 0 Å². The summed E-state index contributed by atoms with van der Waals surface area (Å²) in [6, 6.07) is 15.6. The zero-order chi connectivity index (χ0) is 11.2. The summed E-state index contributed by atoms with van der Waals surface area (Å²) >= 11 is 0. The first-order valence-electron chi connectivity index (χ1n) is 5.35. The maximum atomic E-state index is 4.24. The van der Waals surface area contributed by atoms with Gasteiger partial charge in [0, 0.05) is 6.07 Å². The van der Waals surface area contributed by atoms with Crippen molar-refractivity contribution in [3.8, 4) is 0 Å². The van der Waals surface area contributed by atoms with Crippen LogP contribution in [-0.2, 0) is 6.54 Å². The fourth-order valence-corrected chi connectivity index (χ4v) is 1.43. The Balaban J connectivity index is 2.24. The van der Waals surface area contributed by atoms with E-state index >= 15 is 0 Å². The summed E-state index contributed by atoms with van der Waals surface area (Å²) in [6.07, 6.45) is 2.00. The average molecular weight is 212 g/mol. The van der Waals surface area contributed by atoms with Crippen LogP contribution in [0.4, 0.5) is 11.5 Å². The largest absolute Gasteiger partial charge is 0.350 e. The van der Waals surface area contributed by atoms with Crippen LogP contribution in [0.5, 0.6) is 0 Å². The molecular weight excluding hydrogens is 198 g/mol. The number of aryl methyl sites for hydroxylation is 1. The van der Waals surface area contributed by atoms with Crippen LogP contribution in [0.2, 0.25) is 0 Å². The van der Waals surface area contributed by atoms with E-state index in [2.05, 4.69) is 17.2 Å². The molecule has 3 heteroatoms. The van der Waals surface area contributed by atoms with Gasteiger partial charge in [0.1, 0.15) is 5.69 Å². The third-order valence-corrected chi connectivity index (χ3v) is 2.28. The van der Waals surface area contributed by atoms with Gasteiger partial charge in [-0.3, -0.25) is 0 Å². The van der Waals surface area contributed by atoms with Gasteiger partial charge in [0.2, 0.25) is 0 Å². The van der Waals surface area contributed by atoms with E-state index in [1.807, 2.05) is 59.3 Å². The van der Waals surface area contributed by atoms with E-state index in [9.17, 15) is 0 Å². The topological polar surface area (TPSA) is 28.6 Å². The summed E-state index contributed by atoms with van der Waals surface area (Å²) in [6.45, 7) is 2.98. The molecule has 2 aromatic rings. The molecule has 1 aromatic heterocycles. The molecule has 0 aliphatic rings. The van der Waals surface area contributed by atoms with E-state index in [4.69, 9.17) is 0 Å². The van der Waals surface area contributed by atoms with Crippen LogP contribution in [0.15, 0.2) is 65.0 Å². The molecule has 1 heterocycles. The zero-order valence-corrected chi connectivity index (χ0v) is 9.24. The second-order valence-corrected chi connectivity index (χ2v) is 3.38. The van der Waals surface area contributed by atoms with Gasteiger partial charge < -0.3 is 0 Å². The molecule has 0 atom stereocenters. The summed E-state index contributed by atoms with van der Waals surface area (Å²) < 4.78 is 2.05. The minimum absolute atomic E-state index is 0.869. The smallest absolute Gasteiger partial charge is 0.229 e. The Morgan fingerprint density at radius 3 is 2.44 bits per heavy atom. The van der Waals surface area contributed by atoms with Crippen molar-refractivity contribution in [2.45, 2.75) is 13.5 Å². The first-order valence-corrected chi connectivity index (χ1v) is 5.35. The molecule has 0 radical (unpaired) electrons. The number of rotatable bonds is 3. The van der Waals surface area contributed by atoms with E-state index in [0.717, 1.165) is 18.1 Å². The molecule has 0 bridgehead atoms. The van der Waals surface area contributed by atoms with Crippen LogP contribution in [0, 0.1) is 0 Å². The fraction of sp³-hybridized carbons (Fsp3) is 0.154. The van der Waals surface area contributed by atoms with E-state index in [1.54, 1.807) is 0 Å². The van der Waals surface area contributed by atoms with E-state index in [0.29, 0.717) is 0 Å². The molecule has 0 aliphatic carbocycles. The highest BCUT2D eigenvalue weighted by atomic mass is 15.2. The van der Waals surface area contributed by atoms with Crippen molar-refractivity contribution < 1.29 is 4.57 Å². The second kappa shape index (κ2) is 5.16. The van der Waals surface area contributed by atoms with Gasteiger partial charge in [-0.2, -0.15) is 0 Å². The predicted octanol–water partition coefficient (Wildman–Crippen LogP) is 3.41. The third kappa shape index (κ3) is 2.51. The van der Waals surface area contributed by atoms with Crippen molar-refractivity contribution in [2.24, 2.45) is 10.2 Å². The van der Waals surface area contributed by atoms with Crippen molar-refractivity contribution in [1.82, 2.24) is 0 Å². The van der Waals surface area contributed by atoms with Crippen LogP contribution < -0.4 is 4.57 Å². The Labute approximate surface area is 95.1 Å². The van der Waals surface area contributed by atoms with Crippen LogP contribution in [-0.4, -0.2) is 0 Å². The van der Waals surface area contributed by atoms with Crippen LogP contribution in [0.1, 0.15) is 6.92 Å². The summed E-state index contributed by atoms with van der Waals surface area (Å²) in [4.78, 5) is 0. The Morgan fingerprint density at radius 1 is 0.938 bits per heavy atom. The van der Waals surface area contributed by atoms with Gasteiger partial charge in [-0.05, 0) is 30.2 Å². The normalized spacial score (nSPS) is 10.8. The van der Waals surface area contributed by atoms with Crippen molar-refractivity contribution >= 4 is 11.5 Å². The average Bonchev–Trinajstić information content (AvgIpc) is 2.38. The number of hydrogen-bond acceptors (Lipinski definition) is 2. The molecule has 0 unspecified atom stereocenters. The van der Waals surface area contributed by atoms with Gasteiger partial charge in [-0.25, -0.2) is 4.57 Å². The number of pyridine rings is 1. The summed E-state index contributed by atoms with van der Waals surface area (Å²) in [5.74, 6) is 0.869. The third-order valence-electron chi connectivity index (χ3n) is 2.28. The molecule has 1 aromatic carbocycles. The lowest BCUT2D eigenvalue weighted by Gasteiger charge is -1.94. The second-order valence-electron chi connectivity index (χ2n) is 3.38. The first-order chi connectivity index (χ1) is 7.90. The molecule has 0 fully saturated rings. The van der Waals surface area contributed by atoms with Crippen LogP contribution in [0.25, 0.3) is 0 Å². The van der Waals surface area contributed by atoms with Crippen molar-refractivity contribution in [3.05, 3.63) is 54.7 Å². The zero-order valence-electron chi connectivity index (χ0n) is 9.24. The highest BCUT2D eigenvalue weighted by Gasteiger charge is 2.05. The SMILES string of the molecule is CC[n+]1ccccc1N=Nc1ccccc1. The molecule has 0 amide bonds. The monoisotopic (exact) mass is 212 g/mol. The molecular formula is C13H14N3+. The number of nitrogens with zero attached hydrogens (tertiary/aromatic N) is 3. The Kier molecular flexibility index (Phi) is 3.38. The Morgan fingerprint density at radius 2 is 1.69 bits per heavy atom. The summed E-state index contributed by atoms with van der Waals surface area (Å²) in [5.41, 5.74) is 0.869. The standard InChI is InChI=1S/C13H14N3/c1-2-16-11-7-6-10-13(16)15-14-12-8-4-3-5-9-12/h3-11H,2H2,1H3/q+1. The lowest BCUT2D eigenvalue weighted by Crippen LogP contribution is -2.31. The van der Waals surface area contributed by atoms with Gasteiger partial charge >= 0.3 is 5.82 Å². The maximum Gasteiger partial charge on any atom is 0.350 e. The van der Waals surface area contributed by atoms with Gasteiger partial charge in [-0.1, -0.05) is 24.3 Å². The van der Waals surface area contributed by atoms with Gasteiger partial charge in [0.25, 0.3) is 0 Å². The molecule has 0 N–H and O–H groups in total. The van der Waals surface area contributed by atoms with E-state index in [-0.39, 0.29) is 0 Å². The molecule has 16 heavy (non-hydrogen) atoms. The van der Waals surface area contributed by atoms with Crippen molar-refractivity contribution in [3.63, 3.8) is 0 Å². The van der Waals surface area contributed by atoms with Crippen LogP contribution in [0.3, 0.4) is 0 Å². The number of aromatic nitrogens is 1. The molecule has 80 valence electrons. The Bertz CT molecular complexity index is 478. The number of benzene rings is 1. The molecule has 0 saturated heterocycles. The molecule has 0 aliphatic heterocycles. The quantitative estimate of drug-likeness (QED) is 0.551. The molecule has 0 spiro atoms. The highest BCUT2D eigenvalue weighted by molar-refractivity contribution is 5.35. The van der Waals surface area contributed by atoms with E-state index in [1.165, 1.54) is 0 Å². The van der Waals surface area contributed by atoms with Gasteiger partial charge in [0.15, 0.2) is 0 Å². The lowest BCUT2D eigenvalue weighted by molar-refractivity contribution is -0.681. The van der Waals surface area contributed by atoms with Gasteiger partial charge in [-0.15, -0.1) is 0 Å². The number of azo groups is 1. The van der Waals surface area contributed by atoms with Gasteiger partial charge in [0.05, 0.1) is 17.9 Å². The number of hydrogen-bond donors (Lipinski definition) is 0. The molecule has 0 saturated carbocycles. The minimum atomic E-state index is 0.869. The highest BCUT2D eigenvalue weighted by Crippen LogP contribution is 2.14. The summed E-state index contributed by atoms with van der Waals surface area (Å²) in [5, 5.41) is 8.42.